The SMILES string of the molecule is C=CCOc1ccccc1CN=C(NCC)NCCCc1nnc2ccccn12. The maximum Gasteiger partial charge on any atom is 0.191 e. The van der Waals surface area contributed by atoms with Crippen LogP contribution < -0.4 is 15.4 Å². The van der Waals surface area contributed by atoms with Gasteiger partial charge in [0.2, 0.25) is 0 Å². The second-order valence-corrected chi connectivity index (χ2v) is 6.48. The van der Waals surface area contributed by atoms with E-state index >= 15 is 0 Å². The molecule has 0 radical (unpaired) electrons. The third kappa shape index (κ3) is 5.81. The number of hydrogen-bond donors (Lipinski definition) is 2. The summed E-state index contributed by atoms with van der Waals surface area (Å²) in [7, 11) is 0. The normalized spacial score (nSPS) is 11.4. The highest BCUT2D eigenvalue weighted by atomic mass is 16.5. The molecule has 0 aliphatic rings. The second kappa shape index (κ2) is 10.8. The minimum Gasteiger partial charge on any atom is -0.489 e. The molecule has 3 aromatic rings. The zero-order valence-corrected chi connectivity index (χ0v) is 16.8. The number of aryl methyl sites for hydroxylation is 1. The Balaban J connectivity index is 1.54. The summed E-state index contributed by atoms with van der Waals surface area (Å²) in [5.41, 5.74) is 1.92. The molecule has 0 atom stereocenters. The number of ether oxygens (including phenoxy) is 1. The van der Waals surface area contributed by atoms with Gasteiger partial charge in [-0.1, -0.05) is 36.9 Å². The predicted molar refractivity (Wildman–Crippen MR) is 116 cm³/mol. The van der Waals surface area contributed by atoms with Gasteiger partial charge in [-0.2, -0.15) is 0 Å². The van der Waals surface area contributed by atoms with E-state index in [1.54, 1.807) is 6.08 Å². The van der Waals surface area contributed by atoms with Crippen molar-refractivity contribution in [2.45, 2.75) is 26.3 Å². The summed E-state index contributed by atoms with van der Waals surface area (Å²) < 4.78 is 7.74. The first-order valence-electron chi connectivity index (χ1n) is 9.94. The van der Waals surface area contributed by atoms with Crippen LogP contribution in [0.2, 0.25) is 0 Å². The number of aromatic nitrogens is 3. The van der Waals surface area contributed by atoms with Crippen molar-refractivity contribution >= 4 is 11.6 Å². The summed E-state index contributed by atoms with van der Waals surface area (Å²) in [4.78, 5) is 4.69. The van der Waals surface area contributed by atoms with Crippen molar-refractivity contribution in [1.82, 2.24) is 25.2 Å². The number of rotatable bonds is 10. The van der Waals surface area contributed by atoms with Crippen molar-refractivity contribution in [3.05, 3.63) is 72.7 Å². The number of benzene rings is 1. The molecule has 0 saturated carbocycles. The van der Waals surface area contributed by atoms with Crippen LogP contribution in [0.1, 0.15) is 24.7 Å². The molecule has 0 spiro atoms. The highest BCUT2D eigenvalue weighted by Crippen LogP contribution is 2.18. The molecule has 0 amide bonds. The van der Waals surface area contributed by atoms with Gasteiger partial charge < -0.3 is 15.4 Å². The Morgan fingerprint density at radius 3 is 2.90 bits per heavy atom. The molecule has 0 saturated heterocycles. The largest absolute Gasteiger partial charge is 0.489 e. The monoisotopic (exact) mass is 392 g/mol. The number of nitrogens with zero attached hydrogens (tertiary/aromatic N) is 4. The Morgan fingerprint density at radius 2 is 2.03 bits per heavy atom. The van der Waals surface area contributed by atoms with Crippen molar-refractivity contribution in [3.63, 3.8) is 0 Å². The molecule has 152 valence electrons. The van der Waals surface area contributed by atoms with Gasteiger partial charge >= 0.3 is 0 Å². The summed E-state index contributed by atoms with van der Waals surface area (Å²) in [5, 5.41) is 15.1. The van der Waals surface area contributed by atoms with Gasteiger partial charge in [0.1, 0.15) is 18.2 Å². The van der Waals surface area contributed by atoms with Gasteiger partial charge in [0, 0.05) is 31.3 Å². The average Bonchev–Trinajstić information content (AvgIpc) is 3.17. The Kier molecular flexibility index (Phi) is 7.63. The lowest BCUT2D eigenvalue weighted by Crippen LogP contribution is -2.37. The van der Waals surface area contributed by atoms with Gasteiger partial charge in [0.15, 0.2) is 11.6 Å². The van der Waals surface area contributed by atoms with E-state index in [0.29, 0.717) is 13.2 Å². The lowest BCUT2D eigenvalue weighted by atomic mass is 10.2. The topological polar surface area (TPSA) is 75.8 Å². The van der Waals surface area contributed by atoms with Gasteiger partial charge in [-0.15, -0.1) is 10.2 Å². The molecule has 0 fully saturated rings. The van der Waals surface area contributed by atoms with Crippen molar-refractivity contribution in [2.24, 2.45) is 4.99 Å². The molecule has 2 aromatic heterocycles. The molecule has 0 bridgehead atoms. The highest BCUT2D eigenvalue weighted by molar-refractivity contribution is 5.79. The number of aliphatic imine (C=N–C) groups is 1. The number of fused-ring (bicyclic) bond motifs is 1. The van der Waals surface area contributed by atoms with Crippen LogP contribution in [-0.2, 0) is 13.0 Å². The molecule has 29 heavy (non-hydrogen) atoms. The molecule has 2 heterocycles. The van der Waals surface area contributed by atoms with Crippen LogP contribution in [0.4, 0.5) is 0 Å². The van der Waals surface area contributed by atoms with E-state index in [1.807, 2.05) is 53.1 Å². The van der Waals surface area contributed by atoms with Gasteiger partial charge in [-0.25, -0.2) is 4.99 Å². The maximum absolute atomic E-state index is 5.71. The Morgan fingerprint density at radius 1 is 1.17 bits per heavy atom. The molecule has 2 N–H and O–H groups in total. The van der Waals surface area contributed by atoms with Gasteiger partial charge in [-0.05, 0) is 31.5 Å². The van der Waals surface area contributed by atoms with E-state index < -0.39 is 0 Å². The lowest BCUT2D eigenvalue weighted by Gasteiger charge is -2.12. The predicted octanol–water partition coefficient (Wildman–Crippen LogP) is 2.98. The van der Waals surface area contributed by atoms with Crippen LogP contribution in [0.3, 0.4) is 0 Å². The fourth-order valence-electron chi connectivity index (χ4n) is 2.94. The number of para-hydroxylation sites is 1. The van der Waals surface area contributed by atoms with Crippen molar-refractivity contribution in [2.75, 3.05) is 19.7 Å². The molecular weight excluding hydrogens is 364 g/mol. The fourth-order valence-corrected chi connectivity index (χ4v) is 2.94. The molecule has 7 nitrogen and oxygen atoms in total. The number of pyridine rings is 1. The van der Waals surface area contributed by atoms with Gasteiger partial charge in [0.25, 0.3) is 0 Å². The van der Waals surface area contributed by atoms with Crippen molar-refractivity contribution < 1.29 is 4.74 Å². The van der Waals surface area contributed by atoms with Crippen molar-refractivity contribution in [1.29, 1.82) is 0 Å². The summed E-state index contributed by atoms with van der Waals surface area (Å²) in [6.45, 7) is 8.37. The third-order valence-electron chi connectivity index (χ3n) is 4.33. The first-order valence-corrected chi connectivity index (χ1v) is 9.94. The smallest absolute Gasteiger partial charge is 0.191 e. The standard InChI is InChI=1S/C22H28N6O/c1-3-16-29-19-11-6-5-10-18(19)17-25-22(23-4-2)24-14-9-13-21-27-26-20-12-7-8-15-28(20)21/h3,5-8,10-12,15H,1,4,9,13-14,16-17H2,2H3,(H2,23,24,25). The van der Waals surface area contributed by atoms with E-state index in [2.05, 4.69) is 34.3 Å². The van der Waals surface area contributed by atoms with E-state index in [-0.39, 0.29) is 0 Å². The molecular formula is C22H28N6O. The Labute approximate surface area is 171 Å². The Bertz CT molecular complexity index is 949. The number of hydrogen-bond acceptors (Lipinski definition) is 4. The lowest BCUT2D eigenvalue weighted by molar-refractivity contribution is 0.359. The molecule has 0 aliphatic carbocycles. The molecule has 3 rings (SSSR count). The van der Waals surface area contributed by atoms with Crippen molar-refractivity contribution in [3.8, 4) is 5.75 Å². The summed E-state index contributed by atoms with van der Waals surface area (Å²) in [6.07, 6.45) is 5.51. The van der Waals surface area contributed by atoms with E-state index in [0.717, 1.165) is 54.7 Å². The third-order valence-corrected chi connectivity index (χ3v) is 4.33. The minimum absolute atomic E-state index is 0.482. The van der Waals surface area contributed by atoms with Crippen LogP contribution in [-0.4, -0.2) is 40.3 Å². The zero-order chi connectivity index (χ0) is 20.3. The Hall–Kier alpha value is -3.35. The maximum atomic E-state index is 5.71. The summed E-state index contributed by atoms with van der Waals surface area (Å²) in [5.74, 6) is 2.60. The van der Waals surface area contributed by atoms with Crippen LogP contribution >= 0.6 is 0 Å². The first kappa shape index (κ1) is 20.4. The molecule has 0 aliphatic heterocycles. The van der Waals surface area contributed by atoms with E-state index in [1.165, 1.54) is 0 Å². The quantitative estimate of drug-likeness (QED) is 0.240. The number of guanidine groups is 1. The average molecular weight is 393 g/mol. The van der Waals surface area contributed by atoms with Gasteiger partial charge in [0.05, 0.1) is 6.54 Å². The highest BCUT2D eigenvalue weighted by Gasteiger charge is 2.05. The number of nitrogens with one attached hydrogen (secondary N) is 2. The fraction of sp³-hybridized carbons (Fsp3) is 0.318. The van der Waals surface area contributed by atoms with Crippen LogP contribution in [0.15, 0.2) is 66.3 Å². The van der Waals surface area contributed by atoms with Crippen LogP contribution in [0.5, 0.6) is 5.75 Å². The van der Waals surface area contributed by atoms with E-state index in [4.69, 9.17) is 9.73 Å². The summed E-state index contributed by atoms with van der Waals surface area (Å²) in [6, 6.07) is 13.9. The molecule has 7 heteroatoms. The molecule has 1 aromatic carbocycles. The minimum atomic E-state index is 0.482. The van der Waals surface area contributed by atoms with Crippen LogP contribution in [0, 0.1) is 0 Å². The second-order valence-electron chi connectivity index (χ2n) is 6.48. The molecule has 0 unspecified atom stereocenters. The first-order chi connectivity index (χ1) is 14.3. The van der Waals surface area contributed by atoms with Crippen LogP contribution in [0.25, 0.3) is 5.65 Å². The van der Waals surface area contributed by atoms with Gasteiger partial charge in [-0.3, -0.25) is 4.40 Å². The van der Waals surface area contributed by atoms with E-state index in [9.17, 15) is 0 Å². The zero-order valence-electron chi connectivity index (χ0n) is 16.8. The summed E-state index contributed by atoms with van der Waals surface area (Å²) >= 11 is 0.